The molecule has 0 atom stereocenters. The maximum atomic E-state index is 12.2. The van der Waals surface area contributed by atoms with E-state index >= 15 is 0 Å². The number of nitrogens with one attached hydrogen (secondary N) is 2. The van der Waals surface area contributed by atoms with Gasteiger partial charge in [0.1, 0.15) is 11.6 Å². The topological polar surface area (TPSA) is 63.2 Å². The minimum atomic E-state index is -0.137. The Kier molecular flexibility index (Phi) is 5.15. The molecule has 2 rings (SSSR count). The van der Waals surface area contributed by atoms with E-state index in [2.05, 4.69) is 15.6 Å². The van der Waals surface area contributed by atoms with Crippen molar-refractivity contribution in [2.45, 2.75) is 13.5 Å². The number of ether oxygens (including phenoxy) is 1. The average Bonchev–Trinajstić information content (AvgIpc) is 2.53. The van der Waals surface area contributed by atoms with Crippen LogP contribution in [0, 0.1) is 0 Å². The Morgan fingerprint density at radius 2 is 2.10 bits per heavy atom. The first-order valence-corrected chi connectivity index (χ1v) is 6.84. The van der Waals surface area contributed by atoms with Gasteiger partial charge in [0, 0.05) is 30.4 Å². The van der Waals surface area contributed by atoms with Crippen LogP contribution in [-0.2, 0) is 6.54 Å². The van der Waals surface area contributed by atoms with Gasteiger partial charge in [-0.25, -0.2) is 4.98 Å². The van der Waals surface area contributed by atoms with E-state index in [4.69, 9.17) is 4.74 Å². The summed E-state index contributed by atoms with van der Waals surface area (Å²) < 4.78 is 5.26. The lowest BCUT2D eigenvalue weighted by atomic mass is 10.2. The van der Waals surface area contributed by atoms with Crippen LogP contribution in [0.4, 0.5) is 5.82 Å². The van der Waals surface area contributed by atoms with E-state index in [1.807, 2.05) is 31.2 Å². The fourth-order valence-corrected chi connectivity index (χ4v) is 1.98. The molecule has 2 N–H and O–H groups in total. The van der Waals surface area contributed by atoms with Crippen LogP contribution in [0.1, 0.15) is 22.8 Å². The van der Waals surface area contributed by atoms with Crippen molar-refractivity contribution in [2.75, 3.05) is 19.0 Å². The number of para-hydroxylation sites is 1. The first-order chi connectivity index (χ1) is 10.2. The predicted molar refractivity (Wildman–Crippen MR) is 82.6 cm³/mol. The van der Waals surface area contributed by atoms with Crippen molar-refractivity contribution in [2.24, 2.45) is 0 Å². The molecule has 0 aliphatic rings. The van der Waals surface area contributed by atoms with E-state index in [0.29, 0.717) is 17.9 Å². The van der Waals surface area contributed by atoms with Crippen molar-refractivity contribution in [1.29, 1.82) is 0 Å². The number of benzene rings is 1. The van der Waals surface area contributed by atoms with Crippen LogP contribution in [-0.4, -0.2) is 24.5 Å². The molecule has 0 saturated heterocycles. The van der Waals surface area contributed by atoms with Crippen molar-refractivity contribution in [3.8, 4) is 5.75 Å². The Bertz CT molecular complexity index is 614. The molecule has 1 amide bonds. The Hall–Kier alpha value is -2.56. The quantitative estimate of drug-likeness (QED) is 0.855. The molecule has 1 heterocycles. The Morgan fingerprint density at radius 1 is 1.29 bits per heavy atom. The van der Waals surface area contributed by atoms with Gasteiger partial charge >= 0.3 is 0 Å². The summed E-state index contributed by atoms with van der Waals surface area (Å²) in [7, 11) is 1.62. The fraction of sp³-hybridized carbons (Fsp3) is 0.250. The van der Waals surface area contributed by atoms with Crippen LogP contribution >= 0.6 is 0 Å². The lowest BCUT2D eigenvalue weighted by molar-refractivity contribution is 0.0950. The van der Waals surface area contributed by atoms with Crippen molar-refractivity contribution in [3.63, 3.8) is 0 Å². The van der Waals surface area contributed by atoms with Gasteiger partial charge in [-0.1, -0.05) is 18.2 Å². The number of carbonyl (C=O) groups excluding carboxylic acids is 1. The summed E-state index contributed by atoms with van der Waals surface area (Å²) in [5, 5.41) is 5.97. The number of nitrogens with zero attached hydrogens (tertiary/aromatic N) is 1. The Labute approximate surface area is 124 Å². The second kappa shape index (κ2) is 7.28. The van der Waals surface area contributed by atoms with Gasteiger partial charge in [-0.15, -0.1) is 0 Å². The second-order valence-corrected chi connectivity index (χ2v) is 4.45. The van der Waals surface area contributed by atoms with Gasteiger partial charge in [-0.3, -0.25) is 4.79 Å². The summed E-state index contributed by atoms with van der Waals surface area (Å²) in [6.07, 6.45) is 1.62. The van der Waals surface area contributed by atoms with Gasteiger partial charge in [0.2, 0.25) is 0 Å². The van der Waals surface area contributed by atoms with E-state index in [9.17, 15) is 4.79 Å². The van der Waals surface area contributed by atoms with E-state index in [1.54, 1.807) is 25.4 Å². The number of methoxy groups -OCH3 is 1. The molecule has 21 heavy (non-hydrogen) atoms. The van der Waals surface area contributed by atoms with E-state index < -0.39 is 0 Å². The van der Waals surface area contributed by atoms with Crippen LogP contribution in [0.25, 0.3) is 0 Å². The van der Waals surface area contributed by atoms with Crippen LogP contribution < -0.4 is 15.4 Å². The molecule has 0 aliphatic heterocycles. The van der Waals surface area contributed by atoms with E-state index in [1.165, 1.54) is 0 Å². The molecule has 0 saturated carbocycles. The second-order valence-electron chi connectivity index (χ2n) is 4.45. The first kappa shape index (κ1) is 14.8. The molecule has 5 heteroatoms. The maximum absolute atomic E-state index is 12.2. The van der Waals surface area contributed by atoms with Gasteiger partial charge in [0.25, 0.3) is 5.91 Å². The smallest absolute Gasteiger partial charge is 0.251 e. The molecule has 0 unspecified atom stereocenters. The lowest BCUT2D eigenvalue weighted by Crippen LogP contribution is -2.23. The normalized spacial score (nSPS) is 10.0. The van der Waals surface area contributed by atoms with Gasteiger partial charge < -0.3 is 15.4 Å². The fourth-order valence-electron chi connectivity index (χ4n) is 1.98. The summed E-state index contributed by atoms with van der Waals surface area (Å²) in [5.41, 5.74) is 1.52. The SMILES string of the molecule is CCNc1cc(C(=O)NCc2ccccc2OC)ccn1. The van der Waals surface area contributed by atoms with Gasteiger partial charge in [-0.05, 0) is 25.1 Å². The van der Waals surface area contributed by atoms with Crippen LogP contribution in [0.2, 0.25) is 0 Å². The zero-order chi connectivity index (χ0) is 15.1. The highest BCUT2D eigenvalue weighted by molar-refractivity contribution is 5.94. The third kappa shape index (κ3) is 3.95. The number of hydrogen-bond acceptors (Lipinski definition) is 4. The molecule has 0 bridgehead atoms. The van der Waals surface area contributed by atoms with Crippen LogP contribution in [0.3, 0.4) is 0 Å². The monoisotopic (exact) mass is 285 g/mol. The zero-order valence-corrected chi connectivity index (χ0v) is 12.2. The molecule has 0 fully saturated rings. The molecule has 110 valence electrons. The molecule has 0 aliphatic carbocycles. The number of anilines is 1. The van der Waals surface area contributed by atoms with Crippen molar-refractivity contribution < 1.29 is 9.53 Å². The third-order valence-electron chi connectivity index (χ3n) is 3.01. The summed E-state index contributed by atoms with van der Waals surface area (Å²) in [5.74, 6) is 1.32. The van der Waals surface area contributed by atoms with Gasteiger partial charge in [0.15, 0.2) is 0 Å². The summed E-state index contributed by atoms with van der Waals surface area (Å²) in [6.45, 7) is 3.16. The molecular formula is C16H19N3O2. The summed E-state index contributed by atoms with van der Waals surface area (Å²) in [6, 6.07) is 11.0. The van der Waals surface area contributed by atoms with E-state index in [0.717, 1.165) is 17.9 Å². The minimum absolute atomic E-state index is 0.137. The average molecular weight is 285 g/mol. The zero-order valence-electron chi connectivity index (χ0n) is 12.2. The largest absolute Gasteiger partial charge is 0.496 e. The van der Waals surface area contributed by atoms with Crippen molar-refractivity contribution in [3.05, 3.63) is 53.7 Å². The number of hydrogen-bond donors (Lipinski definition) is 2. The van der Waals surface area contributed by atoms with Gasteiger partial charge in [0.05, 0.1) is 7.11 Å². The van der Waals surface area contributed by atoms with E-state index in [-0.39, 0.29) is 5.91 Å². The minimum Gasteiger partial charge on any atom is -0.496 e. The molecule has 2 aromatic rings. The molecule has 1 aromatic heterocycles. The lowest BCUT2D eigenvalue weighted by Gasteiger charge is -2.10. The highest BCUT2D eigenvalue weighted by Crippen LogP contribution is 2.17. The molecular weight excluding hydrogens is 266 g/mol. The molecule has 0 spiro atoms. The number of rotatable bonds is 6. The van der Waals surface area contributed by atoms with Gasteiger partial charge in [-0.2, -0.15) is 0 Å². The van der Waals surface area contributed by atoms with Crippen molar-refractivity contribution in [1.82, 2.24) is 10.3 Å². The molecule has 1 aromatic carbocycles. The highest BCUT2D eigenvalue weighted by Gasteiger charge is 2.08. The number of pyridine rings is 1. The molecule has 5 nitrogen and oxygen atoms in total. The Morgan fingerprint density at radius 3 is 2.86 bits per heavy atom. The number of aromatic nitrogens is 1. The highest BCUT2D eigenvalue weighted by atomic mass is 16.5. The number of amides is 1. The molecule has 0 radical (unpaired) electrons. The standard InChI is InChI=1S/C16H19N3O2/c1-3-17-15-10-12(8-9-18-15)16(20)19-11-13-6-4-5-7-14(13)21-2/h4-10H,3,11H2,1-2H3,(H,17,18)(H,19,20). The Balaban J connectivity index is 2.03. The first-order valence-electron chi connectivity index (χ1n) is 6.84. The van der Waals surface area contributed by atoms with Crippen molar-refractivity contribution >= 4 is 11.7 Å². The third-order valence-corrected chi connectivity index (χ3v) is 3.01. The summed E-state index contributed by atoms with van der Waals surface area (Å²) >= 11 is 0. The predicted octanol–water partition coefficient (Wildman–Crippen LogP) is 2.45. The maximum Gasteiger partial charge on any atom is 0.251 e. The van der Waals surface area contributed by atoms with Crippen LogP contribution in [0.5, 0.6) is 5.75 Å². The summed E-state index contributed by atoms with van der Waals surface area (Å²) in [4.78, 5) is 16.3. The number of carbonyl (C=O) groups is 1. The van der Waals surface area contributed by atoms with Crippen LogP contribution in [0.15, 0.2) is 42.6 Å².